The van der Waals surface area contributed by atoms with Gasteiger partial charge in [0, 0.05) is 47.0 Å². The Morgan fingerprint density at radius 1 is 1.10 bits per heavy atom. The molecule has 0 aromatic heterocycles. The van der Waals surface area contributed by atoms with Gasteiger partial charge in [0.25, 0.3) is 0 Å². The Balaban J connectivity index is 0.00000450. The quantitative estimate of drug-likeness (QED) is 0.190. The topological polar surface area (TPSA) is 55.3 Å². The zero-order chi connectivity index (χ0) is 20.7. The second-order valence-electron chi connectivity index (χ2n) is 7.47. The van der Waals surface area contributed by atoms with Crippen LogP contribution in [0, 0.1) is 0 Å². The highest BCUT2D eigenvalue weighted by Gasteiger charge is 2.21. The van der Waals surface area contributed by atoms with Crippen molar-refractivity contribution in [3.8, 4) is 5.75 Å². The Bertz CT molecular complexity index is 576. The summed E-state index contributed by atoms with van der Waals surface area (Å²) >= 11 is 0. The first-order valence-electron chi connectivity index (χ1n) is 11.0. The van der Waals surface area contributed by atoms with Crippen LogP contribution >= 0.6 is 24.0 Å². The molecule has 1 heterocycles. The number of unbranched alkanes of at least 4 members (excludes halogenated alkanes) is 1. The fraction of sp³-hybridized carbons (Fsp3) is 0.696. The molecule has 1 fully saturated rings. The van der Waals surface area contributed by atoms with E-state index in [0.717, 1.165) is 89.7 Å². The zero-order valence-corrected chi connectivity index (χ0v) is 21.2. The number of benzene rings is 1. The maximum absolute atomic E-state index is 5.95. The predicted octanol–water partition coefficient (Wildman–Crippen LogP) is 4.12. The number of guanidine groups is 1. The molecule has 6 nitrogen and oxygen atoms in total. The SMILES string of the molecule is CCCCOc1ccc(CCNC(=NC)N2CCC(OCCCOC)CC2)cc1.I. The number of likely N-dealkylation sites (tertiary alicyclic amines) is 1. The third kappa shape index (κ3) is 10.3. The lowest BCUT2D eigenvalue weighted by atomic mass is 10.1. The molecular formula is C23H40IN3O3. The van der Waals surface area contributed by atoms with Gasteiger partial charge in [-0.3, -0.25) is 4.99 Å². The first-order chi connectivity index (χ1) is 14.3. The van der Waals surface area contributed by atoms with E-state index in [1.807, 2.05) is 7.05 Å². The van der Waals surface area contributed by atoms with Crippen molar-refractivity contribution in [3.63, 3.8) is 0 Å². The largest absolute Gasteiger partial charge is 0.494 e. The van der Waals surface area contributed by atoms with Crippen molar-refractivity contribution in [3.05, 3.63) is 29.8 Å². The number of hydrogen-bond acceptors (Lipinski definition) is 4. The zero-order valence-electron chi connectivity index (χ0n) is 18.9. The van der Waals surface area contributed by atoms with Gasteiger partial charge >= 0.3 is 0 Å². The highest BCUT2D eigenvalue weighted by molar-refractivity contribution is 14.0. The van der Waals surface area contributed by atoms with E-state index in [0.29, 0.717) is 6.10 Å². The maximum atomic E-state index is 5.95. The molecule has 0 atom stereocenters. The monoisotopic (exact) mass is 533 g/mol. The fourth-order valence-corrected chi connectivity index (χ4v) is 3.43. The van der Waals surface area contributed by atoms with E-state index < -0.39 is 0 Å². The molecule has 0 aliphatic carbocycles. The van der Waals surface area contributed by atoms with Gasteiger partial charge in [0.2, 0.25) is 0 Å². The van der Waals surface area contributed by atoms with E-state index in [4.69, 9.17) is 14.2 Å². The molecule has 0 saturated carbocycles. The van der Waals surface area contributed by atoms with E-state index in [9.17, 15) is 0 Å². The predicted molar refractivity (Wildman–Crippen MR) is 134 cm³/mol. The summed E-state index contributed by atoms with van der Waals surface area (Å²) in [7, 11) is 3.59. The second kappa shape index (κ2) is 16.6. The van der Waals surface area contributed by atoms with E-state index in [1.165, 1.54) is 5.56 Å². The smallest absolute Gasteiger partial charge is 0.193 e. The summed E-state index contributed by atoms with van der Waals surface area (Å²) in [5, 5.41) is 3.51. The highest BCUT2D eigenvalue weighted by atomic mass is 127. The minimum absolute atomic E-state index is 0. The van der Waals surface area contributed by atoms with Gasteiger partial charge in [0.15, 0.2) is 5.96 Å². The lowest BCUT2D eigenvalue weighted by molar-refractivity contribution is 0.00992. The molecule has 1 saturated heterocycles. The fourth-order valence-electron chi connectivity index (χ4n) is 3.43. The van der Waals surface area contributed by atoms with Crippen LogP contribution in [0.1, 0.15) is 44.6 Å². The van der Waals surface area contributed by atoms with Crippen molar-refractivity contribution in [1.82, 2.24) is 10.2 Å². The van der Waals surface area contributed by atoms with Crippen molar-refractivity contribution in [2.75, 3.05) is 53.6 Å². The van der Waals surface area contributed by atoms with Crippen LogP contribution in [0.4, 0.5) is 0 Å². The summed E-state index contributed by atoms with van der Waals surface area (Å²) in [6, 6.07) is 8.44. The van der Waals surface area contributed by atoms with Crippen molar-refractivity contribution in [1.29, 1.82) is 0 Å². The first kappa shape index (κ1) is 27.0. The van der Waals surface area contributed by atoms with Gasteiger partial charge in [0.05, 0.1) is 12.7 Å². The van der Waals surface area contributed by atoms with Gasteiger partial charge in [-0.25, -0.2) is 0 Å². The minimum Gasteiger partial charge on any atom is -0.494 e. The lowest BCUT2D eigenvalue weighted by Gasteiger charge is -2.34. The number of methoxy groups -OCH3 is 1. The number of halogens is 1. The number of nitrogens with one attached hydrogen (secondary N) is 1. The maximum Gasteiger partial charge on any atom is 0.193 e. The molecule has 1 aromatic rings. The summed E-state index contributed by atoms with van der Waals surface area (Å²) < 4.78 is 16.7. The van der Waals surface area contributed by atoms with Gasteiger partial charge in [-0.15, -0.1) is 24.0 Å². The van der Waals surface area contributed by atoms with E-state index >= 15 is 0 Å². The molecule has 172 valence electrons. The Labute approximate surface area is 199 Å². The summed E-state index contributed by atoms with van der Waals surface area (Å²) in [5.41, 5.74) is 1.30. The molecule has 1 aromatic carbocycles. The number of nitrogens with zero attached hydrogens (tertiary/aromatic N) is 2. The van der Waals surface area contributed by atoms with E-state index in [-0.39, 0.29) is 24.0 Å². The molecule has 0 bridgehead atoms. The Morgan fingerprint density at radius 2 is 1.83 bits per heavy atom. The number of aliphatic imine (C=N–C) groups is 1. The second-order valence-corrected chi connectivity index (χ2v) is 7.47. The third-order valence-electron chi connectivity index (χ3n) is 5.19. The summed E-state index contributed by atoms with van der Waals surface area (Å²) in [6.07, 6.45) is 6.64. The third-order valence-corrected chi connectivity index (χ3v) is 5.19. The Hall–Kier alpha value is -1.06. The average molecular weight is 533 g/mol. The van der Waals surface area contributed by atoms with E-state index in [1.54, 1.807) is 7.11 Å². The number of ether oxygens (including phenoxy) is 3. The number of hydrogen-bond donors (Lipinski definition) is 1. The molecule has 30 heavy (non-hydrogen) atoms. The molecule has 2 rings (SSSR count). The number of rotatable bonds is 12. The van der Waals surface area contributed by atoms with Crippen molar-refractivity contribution < 1.29 is 14.2 Å². The minimum atomic E-state index is 0. The molecule has 1 aliphatic rings. The van der Waals surface area contributed by atoms with Crippen LogP contribution in [-0.4, -0.2) is 70.6 Å². The van der Waals surface area contributed by atoms with Crippen LogP contribution < -0.4 is 10.1 Å². The molecule has 7 heteroatoms. The summed E-state index contributed by atoms with van der Waals surface area (Å²) in [6.45, 7) is 7.36. The molecule has 0 radical (unpaired) electrons. The van der Waals surface area contributed by atoms with Crippen LogP contribution in [0.5, 0.6) is 5.75 Å². The average Bonchev–Trinajstić information content (AvgIpc) is 2.76. The summed E-state index contributed by atoms with van der Waals surface area (Å²) in [4.78, 5) is 6.80. The molecule has 0 spiro atoms. The number of piperidine rings is 1. The van der Waals surface area contributed by atoms with Gasteiger partial charge in [-0.1, -0.05) is 25.5 Å². The van der Waals surface area contributed by atoms with Crippen molar-refractivity contribution in [2.45, 2.75) is 51.6 Å². The van der Waals surface area contributed by atoms with Crippen LogP contribution in [0.2, 0.25) is 0 Å². The molecule has 1 N–H and O–H groups in total. The van der Waals surface area contributed by atoms with Crippen molar-refractivity contribution in [2.24, 2.45) is 4.99 Å². The molecular weight excluding hydrogens is 493 g/mol. The van der Waals surface area contributed by atoms with Crippen LogP contribution in [0.25, 0.3) is 0 Å². The Kier molecular flexibility index (Phi) is 14.9. The van der Waals surface area contributed by atoms with E-state index in [2.05, 4.69) is 46.4 Å². The lowest BCUT2D eigenvalue weighted by Crippen LogP contribution is -2.47. The van der Waals surface area contributed by atoms with Crippen molar-refractivity contribution >= 4 is 29.9 Å². The Morgan fingerprint density at radius 3 is 2.47 bits per heavy atom. The first-order valence-corrected chi connectivity index (χ1v) is 11.0. The van der Waals surface area contributed by atoms with Gasteiger partial charge in [0.1, 0.15) is 5.75 Å². The standard InChI is InChI=1S/C23H39N3O3.HI/c1-4-5-18-28-21-9-7-20(8-10-21)11-14-25-23(24-2)26-15-12-22(13-16-26)29-19-6-17-27-3;/h7-10,22H,4-6,11-19H2,1-3H3,(H,24,25);1H. The normalized spacial score (nSPS) is 15.0. The molecule has 0 unspecified atom stereocenters. The van der Waals surface area contributed by atoms with Crippen LogP contribution in [-0.2, 0) is 15.9 Å². The molecule has 1 aliphatic heterocycles. The van der Waals surface area contributed by atoms with Crippen LogP contribution in [0.15, 0.2) is 29.3 Å². The molecule has 0 amide bonds. The van der Waals surface area contributed by atoms with Crippen LogP contribution in [0.3, 0.4) is 0 Å². The van der Waals surface area contributed by atoms with Gasteiger partial charge < -0.3 is 24.4 Å². The van der Waals surface area contributed by atoms with Gasteiger partial charge in [-0.2, -0.15) is 0 Å². The highest BCUT2D eigenvalue weighted by Crippen LogP contribution is 2.15. The van der Waals surface area contributed by atoms with Gasteiger partial charge in [-0.05, 0) is 49.8 Å². The summed E-state index contributed by atoms with van der Waals surface area (Å²) in [5.74, 6) is 1.95.